The van der Waals surface area contributed by atoms with E-state index in [1.165, 1.54) is 0 Å². The van der Waals surface area contributed by atoms with Gasteiger partial charge in [0.25, 0.3) is 0 Å². The molecule has 0 aliphatic heterocycles. The number of hydrogen-bond donors (Lipinski definition) is 1. The van der Waals surface area contributed by atoms with E-state index in [9.17, 15) is 4.79 Å². The molecule has 1 unspecified atom stereocenters. The number of rotatable bonds is 5. The van der Waals surface area contributed by atoms with Crippen LogP contribution in [0.1, 0.15) is 19.4 Å². The lowest BCUT2D eigenvalue weighted by atomic mass is 10.2. The van der Waals surface area contributed by atoms with Crippen LogP contribution in [-0.4, -0.2) is 40.2 Å². The van der Waals surface area contributed by atoms with Gasteiger partial charge in [0.15, 0.2) is 0 Å². The third-order valence-electron chi connectivity index (χ3n) is 2.59. The smallest absolute Gasteiger partial charge is 0.239 e. The van der Waals surface area contributed by atoms with Crippen molar-refractivity contribution in [1.29, 1.82) is 0 Å². The van der Waals surface area contributed by atoms with E-state index in [1.54, 1.807) is 15.8 Å². The van der Waals surface area contributed by atoms with Gasteiger partial charge in [-0.25, -0.2) is 0 Å². The number of amides is 1. The fourth-order valence-corrected chi connectivity index (χ4v) is 1.41. The van der Waals surface area contributed by atoms with Gasteiger partial charge >= 0.3 is 0 Å². The van der Waals surface area contributed by atoms with Gasteiger partial charge in [0.1, 0.15) is 0 Å². The Morgan fingerprint density at radius 1 is 1.69 bits per heavy atom. The van der Waals surface area contributed by atoms with Crippen molar-refractivity contribution < 1.29 is 4.79 Å². The number of nitrogens with one attached hydrogen (secondary N) is 1. The van der Waals surface area contributed by atoms with Crippen LogP contribution in [0.4, 0.5) is 0 Å². The highest BCUT2D eigenvalue weighted by molar-refractivity contribution is 5.81. The van der Waals surface area contributed by atoms with Crippen molar-refractivity contribution in [3.05, 3.63) is 18.0 Å². The maximum absolute atomic E-state index is 11.7. The van der Waals surface area contributed by atoms with E-state index in [4.69, 9.17) is 0 Å². The predicted octanol–water partition coefficient (Wildman–Crippen LogP) is 0.376. The Kier molecular flexibility index (Phi) is 4.49. The minimum absolute atomic E-state index is 0.117. The molecule has 0 aliphatic rings. The highest BCUT2D eigenvalue weighted by Gasteiger charge is 2.15. The standard InChI is InChI=1S/C11H20N4O/c1-5-14(3)11(16)9(2)12-6-10-7-13-15(4)8-10/h7-9,12H,5-6H2,1-4H3. The predicted molar refractivity (Wildman–Crippen MR) is 62.8 cm³/mol. The molecule has 5 heteroatoms. The molecule has 0 saturated heterocycles. The van der Waals surface area contributed by atoms with Crippen LogP contribution in [0.5, 0.6) is 0 Å². The summed E-state index contributed by atoms with van der Waals surface area (Å²) in [5.41, 5.74) is 1.08. The van der Waals surface area contributed by atoms with Crippen LogP contribution in [-0.2, 0) is 18.4 Å². The van der Waals surface area contributed by atoms with Gasteiger partial charge in [0, 0.05) is 38.9 Å². The van der Waals surface area contributed by atoms with Gasteiger partial charge in [-0.15, -0.1) is 0 Å². The lowest BCUT2D eigenvalue weighted by molar-refractivity contribution is -0.131. The number of nitrogens with zero attached hydrogens (tertiary/aromatic N) is 3. The Bertz CT molecular complexity index is 348. The highest BCUT2D eigenvalue weighted by atomic mass is 16.2. The van der Waals surface area contributed by atoms with Crippen LogP contribution in [0.15, 0.2) is 12.4 Å². The summed E-state index contributed by atoms with van der Waals surface area (Å²) < 4.78 is 1.75. The van der Waals surface area contributed by atoms with Crippen LogP contribution >= 0.6 is 0 Å². The Hall–Kier alpha value is -1.36. The maximum atomic E-state index is 11.7. The second kappa shape index (κ2) is 5.65. The average Bonchev–Trinajstić information content (AvgIpc) is 2.69. The van der Waals surface area contributed by atoms with E-state index in [0.717, 1.165) is 12.1 Å². The summed E-state index contributed by atoms with van der Waals surface area (Å²) in [6, 6.07) is -0.162. The lowest BCUT2D eigenvalue weighted by Gasteiger charge is -2.20. The van der Waals surface area contributed by atoms with E-state index in [0.29, 0.717) is 6.54 Å². The van der Waals surface area contributed by atoms with E-state index in [2.05, 4.69) is 10.4 Å². The van der Waals surface area contributed by atoms with Crippen molar-refractivity contribution in [1.82, 2.24) is 20.0 Å². The molecule has 1 amide bonds. The Balaban J connectivity index is 2.40. The van der Waals surface area contributed by atoms with Gasteiger partial charge < -0.3 is 10.2 Å². The zero-order valence-corrected chi connectivity index (χ0v) is 10.4. The molecule has 1 aromatic heterocycles. The highest BCUT2D eigenvalue weighted by Crippen LogP contribution is 1.98. The topological polar surface area (TPSA) is 50.2 Å². The second-order valence-corrected chi connectivity index (χ2v) is 3.98. The first kappa shape index (κ1) is 12.7. The minimum atomic E-state index is -0.162. The van der Waals surface area contributed by atoms with Crippen molar-refractivity contribution in [3.63, 3.8) is 0 Å². The summed E-state index contributed by atoms with van der Waals surface area (Å²) in [6.45, 7) is 5.24. The first-order valence-electron chi connectivity index (χ1n) is 5.50. The Morgan fingerprint density at radius 3 is 2.88 bits per heavy atom. The fraction of sp³-hybridized carbons (Fsp3) is 0.636. The summed E-state index contributed by atoms with van der Waals surface area (Å²) in [5.74, 6) is 0.117. The first-order valence-corrected chi connectivity index (χ1v) is 5.50. The second-order valence-electron chi connectivity index (χ2n) is 3.98. The lowest BCUT2D eigenvalue weighted by Crippen LogP contribution is -2.42. The van der Waals surface area contributed by atoms with E-state index in [1.807, 2.05) is 34.1 Å². The molecule has 1 N–H and O–H groups in total. The molecule has 0 aromatic carbocycles. The molecule has 16 heavy (non-hydrogen) atoms. The van der Waals surface area contributed by atoms with Crippen molar-refractivity contribution in [2.75, 3.05) is 13.6 Å². The van der Waals surface area contributed by atoms with E-state index in [-0.39, 0.29) is 11.9 Å². The van der Waals surface area contributed by atoms with Crippen LogP contribution in [0, 0.1) is 0 Å². The molecule has 0 radical (unpaired) electrons. The number of carbonyl (C=O) groups is 1. The summed E-state index contributed by atoms with van der Waals surface area (Å²) in [5, 5.41) is 7.25. The summed E-state index contributed by atoms with van der Waals surface area (Å²) in [4.78, 5) is 13.5. The Morgan fingerprint density at radius 2 is 2.38 bits per heavy atom. The molecule has 0 saturated carbocycles. The number of aromatic nitrogens is 2. The molecule has 0 bridgehead atoms. The van der Waals surface area contributed by atoms with Gasteiger partial charge in [0.05, 0.1) is 12.2 Å². The summed E-state index contributed by atoms with van der Waals surface area (Å²) >= 11 is 0. The van der Waals surface area contributed by atoms with E-state index >= 15 is 0 Å². The van der Waals surface area contributed by atoms with Gasteiger partial charge in [-0.3, -0.25) is 9.48 Å². The number of likely N-dealkylation sites (N-methyl/N-ethyl adjacent to an activating group) is 1. The molecule has 90 valence electrons. The maximum Gasteiger partial charge on any atom is 0.239 e. The van der Waals surface area contributed by atoms with Crippen molar-refractivity contribution in [2.24, 2.45) is 7.05 Å². The molecule has 0 aliphatic carbocycles. The Labute approximate surface area is 96.4 Å². The van der Waals surface area contributed by atoms with Crippen molar-refractivity contribution >= 4 is 5.91 Å². The molecule has 1 heterocycles. The molecule has 1 atom stereocenters. The number of carbonyl (C=O) groups excluding carboxylic acids is 1. The van der Waals surface area contributed by atoms with Gasteiger partial charge in [0.2, 0.25) is 5.91 Å². The molecule has 5 nitrogen and oxygen atoms in total. The van der Waals surface area contributed by atoms with Crippen LogP contribution in [0.25, 0.3) is 0 Å². The van der Waals surface area contributed by atoms with Crippen LogP contribution in [0.3, 0.4) is 0 Å². The van der Waals surface area contributed by atoms with Crippen molar-refractivity contribution in [2.45, 2.75) is 26.4 Å². The SMILES string of the molecule is CCN(C)C(=O)C(C)NCc1cnn(C)c1. The molecular formula is C11H20N4O. The fourth-order valence-electron chi connectivity index (χ4n) is 1.41. The molecule has 1 rings (SSSR count). The molecular weight excluding hydrogens is 204 g/mol. The molecule has 1 aromatic rings. The summed E-state index contributed by atoms with van der Waals surface area (Å²) in [6.07, 6.45) is 3.74. The molecule has 0 fully saturated rings. The average molecular weight is 224 g/mol. The zero-order chi connectivity index (χ0) is 12.1. The number of aryl methyl sites for hydroxylation is 1. The number of hydrogen-bond acceptors (Lipinski definition) is 3. The first-order chi connectivity index (χ1) is 7.54. The molecule has 0 spiro atoms. The van der Waals surface area contributed by atoms with Gasteiger partial charge in [-0.2, -0.15) is 5.10 Å². The quantitative estimate of drug-likeness (QED) is 0.786. The van der Waals surface area contributed by atoms with E-state index < -0.39 is 0 Å². The van der Waals surface area contributed by atoms with Crippen LogP contribution < -0.4 is 5.32 Å². The third kappa shape index (κ3) is 3.34. The monoisotopic (exact) mass is 224 g/mol. The van der Waals surface area contributed by atoms with Gasteiger partial charge in [-0.1, -0.05) is 0 Å². The van der Waals surface area contributed by atoms with Gasteiger partial charge in [-0.05, 0) is 13.8 Å². The largest absolute Gasteiger partial charge is 0.345 e. The summed E-state index contributed by atoms with van der Waals surface area (Å²) in [7, 11) is 3.69. The zero-order valence-electron chi connectivity index (χ0n) is 10.4. The van der Waals surface area contributed by atoms with Crippen LogP contribution in [0.2, 0.25) is 0 Å². The van der Waals surface area contributed by atoms with Crippen molar-refractivity contribution in [3.8, 4) is 0 Å². The minimum Gasteiger partial charge on any atom is -0.345 e. The normalized spacial score (nSPS) is 12.5. The third-order valence-corrected chi connectivity index (χ3v) is 2.59.